The molecule has 1 aromatic carbocycles. The largest absolute Gasteiger partial charge is 0.383 e. The second-order valence-corrected chi connectivity index (χ2v) is 5.36. The monoisotopic (exact) mass is 341 g/mol. The van der Waals surface area contributed by atoms with E-state index in [-0.39, 0.29) is 5.82 Å². The van der Waals surface area contributed by atoms with Gasteiger partial charge in [-0.3, -0.25) is 0 Å². The summed E-state index contributed by atoms with van der Waals surface area (Å²) in [5.74, 6) is -0.215. The van der Waals surface area contributed by atoms with Crippen molar-refractivity contribution in [2.24, 2.45) is 0 Å². The Morgan fingerprint density at radius 3 is 3.05 bits per heavy atom. The molecule has 2 rings (SSSR count). The Hall–Kier alpha value is -1.24. The number of hydrogen-bond donors (Lipinski definition) is 1. The Morgan fingerprint density at radius 2 is 2.30 bits per heavy atom. The first kappa shape index (κ1) is 15.2. The van der Waals surface area contributed by atoms with Gasteiger partial charge in [0.25, 0.3) is 0 Å². The topological polar surface area (TPSA) is 39.1 Å². The summed E-state index contributed by atoms with van der Waals surface area (Å²) in [4.78, 5) is 4.29. The van der Waals surface area contributed by atoms with Gasteiger partial charge in [0.05, 0.1) is 25.2 Å². The molecule has 4 nitrogen and oxygen atoms in total. The van der Waals surface area contributed by atoms with Crippen LogP contribution < -0.4 is 5.32 Å². The van der Waals surface area contributed by atoms with Crippen LogP contribution >= 0.6 is 15.9 Å². The highest BCUT2D eigenvalue weighted by Gasteiger charge is 2.05. The van der Waals surface area contributed by atoms with Gasteiger partial charge in [0.2, 0.25) is 0 Å². The molecule has 0 spiro atoms. The van der Waals surface area contributed by atoms with Gasteiger partial charge in [-0.05, 0) is 12.1 Å². The van der Waals surface area contributed by atoms with Crippen molar-refractivity contribution in [2.75, 3.05) is 20.3 Å². The Kier molecular flexibility index (Phi) is 5.70. The van der Waals surface area contributed by atoms with Crippen molar-refractivity contribution >= 4 is 15.9 Å². The molecule has 6 heteroatoms. The molecule has 1 heterocycles. The quantitative estimate of drug-likeness (QED) is 0.786. The third-order valence-corrected chi connectivity index (χ3v) is 3.34. The molecule has 0 bridgehead atoms. The lowest BCUT2D eigenvalue weighted by Gasteiger charge is -2.04. The lowest BCUT2D eigenvalue weighted by Crippen LogP contribution is -2.18. The zero-order chi connectivity index (χ0) is 14.4. The maximum Gasteiger partial charge on any atom is 0.129 e. The number of hydrogen-bond acceptors (Lipinski definition) is 3. The zero-order valence-corrected chi connectivity index (χ0v) is 12.9. The van der Waals surface area contributed by atoms with E-state index in [9.17, 15) is 4.39 Å². The van der Waals surface area contributed by atoms with Gasteiger partial charge in [-0.15, -0.1) is 0 Å². The van der Waals surface area contributed by atoms with Crippen molar-refractivity contribution in [1.29, 1.82) is 0 Å². The zero-order valence-electron chi connectivity index (χ0n) is 11.3. The predicted molar refractivity (Wildman–Crippen MR) is 79.0 cm³/mol. The summed E-state index contributed by atoms with van der Waals surface area (Å²) < 4.78 is 21.3. The number of imidazole rings is 1. The van der Waals surface area contributed by atoms with Crippen LogP contribution in [-0.4, -0.2) is 29.8 Å². The van der Waals surface area contributed by atoms with Gasteiger partial charge < -0.3 is 14.6 Å². The highest BCUT2D eigenvalue weighted by atomic mass is 79.9. The molecular weight excluding hydrogens is 325 g/mol. The molecule has 0 amide bonds. The molecule has 0 radical (unpaired) electrons. The Bertz CT molecular complexity index is 559. The molecule has 0 fully saturated rings. The van der Waals surface area contributed by atoms with Gasteiger partial charge in [-0.2, -0.15) is 0 Å². The maximum absolute atomic E-state index is 13.7. The summed E-state index contributed by atoms with van der Waals surface area (Å²) in [6.45, 7) is 2.61. The molecule has 1 N–H and O–H groups in total. The van der Waals surface area contributed by atoms with Gasteiger partial charge in [0.1, 0.15) is 5.82 Å². The fraction of sp³-hybridized carbons (Fsp3) is 0.357. The van der Waals surface area contributed by atoms with E-state index < -0.39 is 0 Å². The predicted octanol–water partition coefficient (Wildman–Crippen LogP) is 2.57. The number of halogens is 2. The molecule has 108 valence electrons. The fourth-order valence-corrected chi connectivity index (χ4v) is 2.15. The van der Waals surface area contributed by atoms with Crippen molar-refractivity contribution in [2.45, 2.75) is 13.1 Å². The van der Waals surface area contributed by atoms with Crippen LogP contribution in [0.2, 0.25) is 0 Å². The fourth-order valence-electron chi connectivity index (χ4n) is 1.82. The molecule has 0 saturated carbocycles. The molecule has 2 aromatic rings. The van der Waals surface area contributed by atoms with E-state index in [4.69, 9.17) is 4.74 Å². The summed E-state index contributed by atoms with van der Waals surface area (Å²) in [5, 5.41) is 3.22. The van der Waals surface area contributed by atoms with Gasteiger partial charge in [0, 0.05) is 36.4 Å². The third kappa shape index (κ3) is 4.40. The van der Waals surface area contributed by atoms with Crippen LogP contribution in [0.4, 0.5) is 4.39 Å². The van der Waals surface area contributed by atoms with E-state index in [1.807, 2.05) is 16.8 Å². The average Bonchev–Trinajstić information content (AvgIpc) is 2.86. The van der Waals surface area contributed by atoms with Crippen LogP contribution in [0.15, 0.2) is 35.2 Å². The standard InChI is InChI=1S/C14H17BrFN3O/c1-20-5-4-17-7-13-9-19(10-18-13)8-11-2-3-12(15)6-14(11)16/h2-3,6,9-10,17H,4-5,7-8H2,1H3. The summed E-state index contributed by atoms with van der Waals surface area (Å²) in [7, 11) is 1.67. The Labute approximate surface area is 126 Å². The first-order valence-corrected chi connectivity index (χ1v) is 7.12. The van der Waals surface area contributed by atoms with E-state index in [0.717, 1.165) is 16.7 Å². The minimum absolute atomic E-state index is 0.215. The number of rotatable bonds is 7. The van der Waals surface area contributed by atoms with Crippen LogP contribution in [0, 0.1) is 5.82 Å². The van der Waals surface area contributed by atoms with E-state index in [2.05, 4.69) is 26.2 Å². The summed E-state index contributed by atoms with van der Waals surface area (Å²) in [6.07, 6.45) is 3.64. The Morgan fingerprint density at radius 1 is 1.45 bits per heavy atom. The van der Waals surface area contributed by atoms with Crippen LogP contribution in [-0.2, 0) is 17.8 Å². The van der Waals surface area contributed by atoms with Gasteiger partial charge in [0.15, 0.2) is 0 Å². The molecule has 0 saturated heterocycles. The first-order chi connectivity index (χ1) is 9.69. The number of benzene rings is 1. The summed E-state index contributed by atoms with van der Waals surface area (Å²) >= 11 is 3.25. The minimum atomic E-state index is -0.215. The van der Waals surface area contributed by atoms with Gasteiger partial charge >= 0.3 is 0 Å². The lowest BCUT2D eigenvalue weighted by molar-refractivity contribution is 0.199. The van der Waals surface area contributed by atoms with E-state index >= 15 is 0 Å². The molecule has 20 heavy (non-hydrogen) atoms. The van der Waals surface area contributed by atoms with E-state index in [0.29, 0.717) is 25.3 Å². The average molecular weight is 342 g/mol. The molecule has 0 aliphatic rings. The number of nitrogens with zero attached hydrogens (tertiary/aromatic N) is 2. The van der Waals surface area contributed by atoms with E-state index in [1.54, 1.807) is 19.5 Å². The number of nitrogens with one attached hydrogen (secondary N) is 1. The van der Waals surface area contributed by atoms with Crippen molar-refractivity contribution in [3.8, 4) is 0 Å². The second-order valence-electron chi connectivity index (χ2n) is 4.44. The highest BCUT2D eigenvalue weighted by molar-refractivity contribution is 9.10. The smallest absolute Gasteiger partial charge is 0.129 e. The van der Waals surface area contributed by atoms with Crippen LogP contribution in [0.5, 0.6) is 0 Å². The minimum Gasteiger partial charge on any atom is -0.383 e. The SMILES string of the molecule is COCCNCc1cn(Cc2ccc(Br)cc2F)cn1. The Balaban J connectivity index is 1.92. The summed E-state index contributed by atoms with van der Waals surface area (Å²) in [5.41, 5.74) is 1.57. The van der Waals surface area contributed by atoms with E-state index in [1.165, 1.54) is 6.07 Å². The number of aromatic nitrogens is 2. The van der Waals surface area contributed by atoms with Crippen LogP contribution in [0.1, 0.15) is 11.3 Å². The lowest BCUT2D eigenvalue weighted by atomic mass is 10.2. The van der Waals surface area contributed by atoms with Gasteiger partial charge in [-0.1, -0.05) is 22.0 Å². The number of methoxy groups -OCH3 is 1. The molecule has 0 atom stereocenters. The highest BCUT2D eigenvalue weighted by Crippen LogP contribution is 2.16. The normalized spacial score (nSPS) is 10.9. The molecule has 1 aromatic heterocycles. The second kappa shape index (κ2) is 7.52. The van der Waals surface area contributed by atoms with Crippen LogP contribution in [0.25, 0.3) is 0 Å². The number of ether oxygens (including phenoxy) is 1. The molecular formula is C14H17BrFN3O. The van der Waals surface area contributed by atoms with Crippen molar-refractivity contribution in [3.05, 3.63) is 52.3 Å². The van der Waals surface area contributed by atoms with Gasteiger partial charge in [-0.25, -0.2) is 9.37 Å². The molecule has 0 unspecified atom stereocenters. The summed E-state index contributed by atoms with van der Waals surface area (Å²) in [6, 6.07) is 5.08. The van der Waals surface area contributed by atoms with Crippen molar-refractivity contribution in [1.82, 2.24) is 14.9 Å². The van der Waals surface area contributed by atoms with Crippen molar-refractivity contribution < 1.29 is 9.13 Å². The van der Waals surface area contributed by atoms with Crippen molar-refractivity contribution in [3.63, 3.8) is 0 Å². The first-order valence-electron chi connectivity index (χ1n) is 6.33. The molecule has 0 aliphatic heterocycles. The van der Waals surface area contributed by atoms with Crippen LogP contribution in [0.3, 0.4) is 0 Å². The third-order valence-electron chi connectivity index (χ3n) is 2.84. The maximum atomic E-state index is 13.7. The molecule has 0 aliphatic carbocycles.